The summed E-state index contributed by atoms with van der Waals surface area (Å²) < 4.78 is 0. The van der Waals surface area contributed by atoms with E-state index in [1.54, 1.807) is 24.3 Å². The van der Waals surface area contributed by atoms with Crippen molar-refractivity contribution < 1.29 is 15.0 Å². The minimum atomic E-state index is -0.938. The molecule has 2 N–H and O–H groups in total. The standard InChI is InChI=1S/C13H17NO3.C2H6/c1-14-8-6-13(17,7-9-14)11-4-2-10(3-5-11)12(15)16;1-2/h2-5,17H,6-9H2,1H3,(H,15,16);1-2H3. The first-order valence-electron chi connectivity index (χ1n) is 6.76. The molecule has 0 aromatic heterocycles. The minimum Gasteiger partial charge on any atom is -0.478 e. The third kappa shape index (κ3) is 3.78. The van der Waals surface area contributed by atoms with Crippen LogP contribution < -0.4 is 0 Å². The Hall–Kier alpha value is -1.39. The number of carboxylic acids is 1. The molecule has 0 unspecified atom stereocenters. The van der Waals surface area contributed by atoms with Crippen molar-refractivity contribution >= 4 is 5.97 Å². The van der Waals surface area contributed by atoms with Gasteiger partial charge in [0.05, 0.1) is 11.2 Å². The minimum absolute atomic E-state index is 0.255. The van der Waals surface area contributed by atoms with Crippen LogP contribution in [0.4, 0.5) is 0 Å². The van der Waals surface area contributed by atoms with Gasteiger partial charge in [-0.05, 0) is 37.6 Å². The van der Waals surface area contributed by atoms with Crippen LogP contribution in [-0.2, 0) is 5.60 Å². The van der Waals surface area contributed by atoms with E-state index in [1.165, 1.54) is 0 Å². The van der Waals surface area contributed by atoms with Crippen molar-refractivity contribution in [1.82, 2.24) is 4.90 Å². The molecule has 1 aliphatic rings. The first-order chi connectivity index (χ1) is 9.01. The van der Waals surface area contributed by atoms with Gasteiger partial charge in [-0.1, -0.05) is 26.0 Å². The summed E-state index contributed by atoms with van der Waals surface area (Å²) in [5.41, 5.74) is 0.268. The van der Waals surface area contributed by atoms with E-state index in [1.807, 2.05) is 20.9 Å². The van der Waals surface area contributed by atoms with Crippen LogP contribution in [0.5, 0.6) is 0 Å². The lowest BCUT2D eigenvalue weighted by Crippen LogP contribution is -2.40. The number of aliphatic hydroxyl groups is 1. The number of aromatic carboxylic acids is 1. The van der Waals surface area contributed by atoms with Crippen molar-refractivity contribution in [1.29, 1.82) is 0 Å². The van der Waals surface area contributed by atoms with Crippen LogP contribution in [0.15, 0.2) is 24.3 Å². The predicted octanol–water partition coefficient (Wildman–Crippen LogP) is 2.32. The average Bonchev–Trinajstić information content (AvgIpc) is 2.45. The number of hydrogen-bond donors (Lipinski definition) is 2. The van der Waals surface area contributed by atoms with Gasteiger partial charge < -0.3 is 15.1 Å². The molecule has 0 aliphatic carbocycles. The van der Waals surface area contributed by atoms with Gasteiger partial charge in [0.1, 0.15) is 0 Å². The number of nitrogens with zero attached hydrogens (tertiary/aromatic N) is 1. The van der Waals surface area contributed by atoms with Gasteiger partial charge >= 0.3 is 5.97 Å². The molecule has 1 fully saturated rings. The fraction of sp³-hybridized carbons (Fsp3) is 0.533. The molecule has 0 saturated carbocycles. The second-order valence-electron chi connectivity index (χ2n) is 4.72. The summed E-state index contributed by atoms with van der Waals surface area (Å²) in [7, 11) is 2.03. The number of piperidine rings is 1. The second-order valence-corrected chi connectivity index (χ2v) is 4.72. The SMILES string of the molecule is CC.CN1CCC(O)(c2ccc(C(=O)O)cc2)CC1. The van der Waals surface area contributed by atoms with Crippen LogP contribution in [0.25, 0.3) is 0 Å². The quantitative estimate of drug-likeness (QED) is 0.861. The molecule has 0 spiro atoms. The molecule has 1 aromatic rings. The molecule has 0 atom stereocenters. The summed E-state index contributed by atoms with van der Waals surface area (Å²) >= 11 is 0. The number of carbonyl (C=O) groups is 1. The third-order valence-corrected chi connectivity index (χ3v) is 3.48. The van der Waals surface area contributed by atoms with Crippen molar-refractivity contribution in [3.63, 3.8) is 0 Å². The van der Waals surface area contributed by atoms with E-state index in [9.17, 15) is 9.90 Å². The number of likely N-dealkylation sites (tertiary alicyclic amines) is 1. The Morgan fingerprint density at radius 1 is 1.16 bits per heavy atom. The van der Waals surface area contributed by atoms with Crippen LogP contribution in [0.1, 0.15) is 42.6 Å². The van der Waals surface area contributed by atoms with Crippen LogP contribution in [-0.4, -0.2) is 41.2 Å². The van der Waals surface area contributed by atoms with E-state index in [-0.39, 0.29) is 5.56 Å². The fourth-order valence-corrected chi connectivity index (χ4v) is 2.20. The molecule has 0 amide bonds. The monoisotopic (exact) mass is 265 g/mol. The largest absolute Gasteiger partial charge is 0.478 e. The van der Waals surface area contributed by atoms with E-state index >= 15 is 0 Å². The summed E-state index contributed by atoms with van der Waals surface area (Å²) in [4.78, 5) is 12.9. The normalized spacial score (nSPS) is 18.3. The maximum Gasteiger partial charge on any atom is 0.335 e. The van der Waals surface area contributed by atoms with Crippen LogP contribution in [0.2, 0.25) is 0 Å². The third-order valence-electron chi connectivity index (χ3n) is 3.48. The molecule has 2 rings (SSSR count). The van der Waals surface area contributed by atoms with Crippen molar-refractivity contribution in [2.24, 2.45) is 0 Å². The van der Waals surface area contributed by atoms with E-state index in [4.69, 9.17) is 5.11 Å². The summed E-state index contributed by atoms with van der Waals surface area (Å²) in [5.74, 6) is -0.938. The Kier molecular flexibility index (Phi) is 5.51. The number of hydrogen-bond acceptors (Lipinski definition) is 3. The first-order valence-corrected chi connectivity index (χ1v) is 6.76. The molecule has 0 bridgehead atoms. The highest BCUT2D eigenvalue weighted by molar-refractivity contribution is 5.87. The zero-order chi connectivity index (χ0) is 14.5. The van der Waals surface area contributed by atoms with Gasteiger partial charge in [0.15, 0.2) is 0 Å². The lowest BCUT2D eigenvalue weighted by atomic mass is 9.84. The van der Waals surface area contributed by atoms with Crippen molar-refractivity contribution in [2.75, 3.05) is 20.1 Å². The van der Waals surface area contributed by atoms with Crippen LogP contribution >= 0.6 is 0 Å². The Bertz CT molecular complexity index is 406. The molecule has 19 heavy (non-hydrogen) atoms. The number of carboxylic acid groups (broad SMARTS) is 1. The smallest absolute Gasteiger partial charge is 0.335 e. The zero-order valence-corrected chi connectivity index (χ0v) is 11.9. The van der Waals surface area contributed by atoms with Gasteiger partial charge in [-0.2, -0.15) is 0 Å². The Labute approximate surface area is 114 Å². The maximum atomic E-state index is 10.7. The summed E-state index contributed by atoms with van der Waals surface area (Å²) in [5, 5.41) is 19.3. The zero-order valence-electron chi connectivity index (χ0n) is 11.9. The molecule has 1 aromatic carbocycles. The highest BCUT2D eigenvalue weighted by Gasteiger charge is 2.32. The number of benzene rings is 1. The maximum absolute atomic E-state index is 10.7. The highest BCUT2D eigenvalue weighted by atomic mass is 16.4. The summed E-state index contributed by atoms with van der Waals surface area (Å²) in [6.07, 6.45) is 1.38. The molecule has 1 saturated heterocycles. The average molecular weight is 265 g/mol. The van der Waals surface area contributed by atoms with Crippen molar-refractivity contribution in [2.45, 2.75) is 32.3 Å². The molecule has 4 nitrogen and oxygen atoms in total. The van der Waals surface area contributed by atoms with Crippen molar-refractivity contribution in [3.8, 4) is 0 Å². The predicted molar refractivity (Wildman–Crippen MR) is 75.4 cm³/mol. The lowest BCUT2D eigenvalue weighted by Gasteiger charge is -2.36. The highest BCUT2D eigenvalue weighted by Crippen LogP contribution is 2.32. The van der Waals surface area contributed by atoms with Gasteiger partial charge in [-0.25, -0.2) is 4.79 Å². The van der Waals surface area contributed by atoms with Gasteiger partial charge in [0.2, 0.25) is 0 Å². The fourth-order valence-electron chi connectivity index (χ4n) is 2.20. The summed E-state index contributed by atoms with van der Waals surface area (Å²) in [6, 6.07) is 6.53. The van der Waals surface area contributed by atoms with Crippen LogP contribution in [0, 0.1) is 0 Å². The Morgan fingerprint density at radius 2 is 1.63 bits per heavy atom. The first kappa shape index (κ1) is 15.7. The lowest BCUT2D eigenvalue weighted by molar-refractivity contribution is -0.0203. The van der Waals surface area contributed by atoms with E-state index < -0.39 is 11.6 Å². The molecule has 1 aliphatic heterocycles. The molecule has 0 radical (unpaired) electrons. The molecular formula is C15H23NO3. The van der Waals surface area contributed by atoms with Gasteiger partial charge in [0.25, 0.3) is 0 Å². The van der Waals surface area contributed by atoms with Crippen LogP contribution in [0.3, 0.4) is 0 Å². The Balaban J connectivity index is 0.000000861. The van der Waals surface area contributed by atoms with E-state index in [0.717, 1.165) is 18.7 Å². The number of rotatable bonds is 2. The summed E-state index contributed by atoms with van der Waals surface area (Å²) in [6.45, 7) is 5.72. The Morgan fingerprint density at radius 3 is 2.05 bits per heavy atom. The molecule has 106 valence electrons. The van der Waals surface area contributed by atoms with E-state index in [2.05, 4.69) is 4.90 Å². The van der Waals surface area contributed by atoms with Gasteiger partial charge in [0, 0.05) is 13.1 Å². The molecule has 1 heterocycles. The molecular weight excluding hydrogens is 242 g/mol. The van der Waals surface area contributed by atoms with Gasteiger partial charge in [-0.15, -0.1) is 0 Å². The molecule has 4 heteroatoms. The van der Waals surface area contributed by atoms with Crippen molar-refractivity contribution in [3.05, 3.63) is 35.4 Å². The van der Waals surface area contributed by atoms with Gasteiger partial charge in [-0.3, -0.25) is 0 Å². The van der Waals surface area contributed by atoms with E-state index in [0.29, 0.717) is 12.8 Å². The second kappa shape index (κ2) is 6.68. The topological polar surface area (TPSA) is 60.8 Å².